The van der Waals surface area contributed by atoms with Crippen molar-refractivity contribution in [1.29, 1.82) is 0 Å². The second-order valence-electron chi connectivity index (χ2n) is 10.9. The van der Waals surface area contributed by atoms with E-state index in [1.54, 1.807) is 0 Å². The number of aryl methyl sites for hydroxylation is 1. The first-order valence-corrected chi connectivity index (χ1v) is 15.0. The van der Waals surface area contributed by atoms with Gasteiger partial charge >= 0.3 is 12.4 Å². The van der Waals surface area contributed by atoms with Crippen LogP contribution in [0.2, 0.25) is 0 Å². The molecule has 4 rings (SSSR count). The molecule has 1 aliphatic heterocycles. The monoisotopic (exact) mass is 605 g/mol. The highest BCUT2D eigenvalue weighted by Crippen LogP contribution is 2.33. The lowest BCUT2D eigenvalue weighted by Crippen LogP contribution is -2.48. The van der Waals surface area contributed by atoms with Gasteiger partial charge in [0, 0.05) is 6.54 Å². The summed E-state index contributed by atoms with van der Waals surface area (Å²) in [4.78, 5) is 14.1. The molecule has 1 saturated heterocycles. The van der Waals surface area contributed by atoms with E-state index >= 15 is 0 Å². The normalized spacial score (nSPS) is 19.9. The predicted molar refractivity (Wildman–Crippen MR) is 140 cm³/mol. The van der Waals surface area contributed by atoms with E-state index in [-0.39, 0.29) is 6.07 Å². The summed E-state index contributed by atoms with van der Waals surface area (Å²) in [5.74, 6) is -0.310. The maximum absolute atomic E-state index is 13.8. The van der Waals surface area contributed by atoms with E-state index in [0.29, 0.717) is 24.8 Å². The van der Waals surface area contributed by atoms with Crippen molar-refractivity contribution in [2.75, 3.05) is 13.1 Å². The molecule has 2 aliphatic rings. The molecule has 1 fully saturated rings. The van der Waals surface area contributed by atoms with Crippen molar-refractivity contribution in [1.82, 2.24) is 14.9 Å². The van der Waals surface area contributed by atoms with Crippen LogP contribution >= 0.6 is 0 Å². The van der Waals surface area contributed by atoms with Crippen LogP contribution in [0.15, 0.2) is 47.4 Å². The summed E-state index contributed by atoms with van der Waals surface area (Å²) < 4.78 is 107. The predicted octanol–water partition coefficient (Wildman–Crippen LogP) is 5.73. The lowest BCUT2D eigenvalue weighted by Gasteiger charge is -2.31. The molecule has 1 amide bonds. The van der Waals surface area contributed by atoms with Gasteiger partial charge in [-0.1, -0.05) is 31.2 Å². The van der Waals surface area contributed by atoms with Gasteiger partial charge in [-0.2, -0.15) is 31.1 Å². The third kappa shape index (κ3) is 8.23. The van der Waals surface area contributed by atoms with Crippen molar-refractivity contribution in [2.24, 2.45) is 5.92 Å². The molecule has 0 bridgehead atoms. The minimum atomic E-state index is -5.17. The van der Waals surface area contributed by atoms with Gasteiger partial charge in [0.25, 0.3) is 0 Å². The Morgan fingerprint density at radius 1 is 1.02 bits per heavy atom. The Hall–Kier alpha value is -2.64. The Balaban J connectivity index is 1.43. The number of likely N-dealkylation sites (tertiary alicyclic amines) is 1. The number of sulfonamides is 1. The molecule has 226 valence electrons. The number of fused-ring (bicyclic) bond motifs is 1. The van der Waals surface area contributed by atoms with Crippen LogP contribution in [0.4, 0.5) is 26.3 Å². The highest BCUT2D eigenvalue weighted by Gasteiger charge is 2.44. The second-order valence-corrected chi connectivity index (χ2v) is 12.7. The van der Waals surface area contributed by atoms with E-state index in [1.165, 1.54) is 4.72 Å². The van der Waals surface area contributed by atoms with Gasteiger partial charge in [-0.3, -0.25) is 9.69 Å². The Bertz CT molecular complexity index is 1340. The summed E-state index contributed by atoms with van der Waals surface area (Å²) in [5, 5.41) is 2.60. The lowest BCUT2D eigenvalue weighted by atomic mass is 9.86. The number of nitrogens with zero attached hydrogens (tertiary/aromatic N) is 1. The molecule has 0 spiro atoms. The third-order valence-electron chi connectivity index (χ3n) is 7.69. The van der Waals surface area contributed by atoms with Gasteiger partial charge in [0.1, 0.15) is 6.04 Å². The molecule has 1 heterocycles. The van der Waals surface area contributed by atoms with Crippen molar-refractivity contribution in [3.05, 3.63) is 64.7 Å². The van der Waals surface area contributed by atoms with Crippen molar-refractivity contribution in [3.63, 3.8) is 0 Å². The number of rotatable bonds is 8. The lowest BCUT2D eigenvalue weighted by molar-refractivity contribution is -0.158. The number of amides is 1. The molecule has 2 N–H and O–H groups in total. The highest BCUT2D eigenvalue weighted by molar-refractivity contribution is 7.89. The van der Waals surface area contributed by atoms with Gasteiger partial charge in [0.15, 0.2) is 0 Å². The van der Waals surface area contributed by atoms with Crippen LogP contribution in [0.25, 0.3) is 0 Å². The van der Waals surface area contributed by atoms with Gasteiger partial charge in [0.05, 0.1) is 22.9 Å². The quantitative estimate of drug-likeness (QED) is 0.377. The molecule has 0 saturated carbocycles. The molecule has 41 heavy (non-hydrogen) atoms. The molecule has 0 radical (unpaired) electrons. The van der Waals surface area contributed by atoms with E-state index in [9.17, 15) is 39.6 Å². The van der Waals surface area contributed by atoms with Crippen LogP contribution in [0, 0.1) is 5.92 Å². The number of carbonyl (C=O) groups excluding carboxylic acids is 1. The van der Waals surface area contributed by atoms with Crippen molar-refractivity contribution >= 4 is 15.9 Å². The molecule has 2 atom stereocenters. The topological polar surface area (TPSA) is 78.5 Å². The van der Waals surface area contributed by atoms with Crippen molar-refractivity contribution in [3.8, 4) is 0 Å². The molecule has 0 aromatic heterocycles. The Labute approximate surface area is 235 Å². The van der Waals surface area contributed by atoms with Crippen LogP contribution in [0.5, 0.6) is 0 Å². The van der Waals surface area contributed by atoms with E-state index in [4.69, 9.17) is 0 Å². The zero-order valence-electron chi connectivity index (χ0n) is 22.5. The minimum Gasteiger partial charge on any atom is -0.349 e. The molecule has 13 heteroatoms. The molecule has 1 aliphatic carbocycles. The number of benzene rings is 2. The molecular formula is C28H33F6N3O3S. The van der Waals surface area contributed by atoms with E-state index in [0.717, 1.165) is 67.7 Å². The van der Waals surface area contributed by atoms with Crippen LogP contribution in [-0.4, -0.2) is 44.5 Å². The van der Waals surface area contributed by atoms with E-state index in [2.05, 4.69) is 23.2 Å². The maximum Gasteiger partial charge on any atom is 0.416 e. The first kappa shape index (κ1) is 31.3. The largest absolute Gasteiger partial charge is 0.416 e. The second kappa shape index (κ2) is 12.3. The molecule has 2 aromatic rings. The standard InChI is InChI=1S/C28H33F6N3O3S/c1-18-10-12-37(13-11-18)17-19-8-9-23-20(14-19)4-2-7-24(23)35-26(38)16-25(28(32,33)34)36-41(39,40)22-6-3-5-21(15-22)27(29,30)31/h3,5-6,8-9,14-15,18,24-25,36H,2,4,7,10-13,16-17H2,1H3,(H,35,38)/t24-,25+/m1/s1. The van der Waals surface area contributed by atoms with Crippen molar-refractivity contribution < 1.29 is 39.6 Å². The summed E-state index contributed by atoms with van der Waals surface area (Å²) in [5.41, 5.74) is 1.63. The fourth-order valence-electron chi connectivity index (χ4n) is 5.35. The van der Waals surface area contributed by atoms with Crippen molar-refractivity contribution in [2.45, 2.75) is 81.3 Å². The van der Waals surface area contributed by atoms with E-state index < -0.39 is 57.2 Å². The fraction of sp³-hybridized carbons (Fsp3) is 0.536. The van der Waals surface area contributed by atoms with Crippen LogP contribution < -0.4 is 10.0 Å². The number of piperidine rings is 1. The average Bonchev–Trinajstić information content (AvgIpc) is 2.88. The zero-order chi connectivity index (χ0) is 30.0. The Morgan fingerprint density at radius 3 is 2.39 bits per heavy atom. The minimum absolute atomic E-state index is 0.245. The summed E-state index contributed by atoms with van der Waals surface area (Å²) in [6.07, 6.45) is -7.03. The number of carbonyl (C=O) groups is 1. The van der Waals surface area contributed by atoms with Gasteiger partial charge in [-0.25, -0.2) is 8.42 Å². The summed E-state index contributed by atoms with van der Waals surface area (Å²) in [7, 11) is -5.03. The maximum atomic E-state index is 13.8. The summed E-state index contributed by atoms with van der Waals surface area (Å²) in [6.45, 7) is 5.09. The van der Waals surface area contributed by atoms with Gasteiger partial charge in [-0.05, 0) is 86.0 Å². The first-order valence-electron chi connectivity index (χ1n) is 13.5. The van der Waals surface area contributed by atoms with Gasteiger partial charge in [0.2, 0.25) is 15.9 Å². The fourth-order valence-corrected chi connectivity index (χ4v) is 6.62. The molecule has 0 unspecified atom stereocenters. The average molecular weight is 606 g/mol. The van der Waals surface area contributed by atoms with Crippen LogP contribution in [0.3, 0.4) is 0 Å². The Kier molecular flexibility index (Phi) is 9.39. The summed E-state index contributed by atoms with van der Waals surface area (Å²) in [6, 6.07) is 4.94. The first-order chi connectivity index (χ1) is 19.1. The third-order valence-corrected chi connectivity index (χ3v) is 9.16. The zero-order valence-corrected chi connectivity index (χ0v) is 23.3. The SMILES string of the molecule is CC1CCN(Cc2ccc3c(c2)CCC[C@H]3NC(=O)C[C@H](NS(=O)(=O)c2cccc(C(F)(F)F)c2)C(F)(F)F)CC1. The number of nitrogens with one attached hydrogen (secondary N) is 2. The number of alkyl halides is 6. The number of hydrogen-bond donors (Lipinski definition) is 2. The number of hydrogen-bond acceptors (Lipinski definition) is 4. The Morgan fingerprint density at radius 2 is 1.73 bits per heavy atom. The highest BCUT2D eigenvalue weighted by atomic mass is 32.2. The van der Waals surface area contributed by atoms with Gasteiger partial charge < -0.3 is 5.32 Å². The van der Waals surface area contributed by atoms with Crippen LogP contribution in [-0.2, 0) is 34.0 Å². The smallest absolute Gasteiger partial charge is 0.349 e. The number of halogens is 6. The molecule has 6 nitrogen and oxygen atoms in total. The molecular weight excluding hydrogens is 572 g/mol. The van der Waals surface area contributed by atoms with Crippen LogP contribution in [0.1, 0.15) is 67.3 Å². The van der Waals surface area contributed by atoms with Gasteiger partial charge in [-0.15, -0.1) is 0 Å². The molecule has 2 aromatic carbocycles. The van der Waals surface area contributed by atoms with E-state index in [1.807, 2.05) is 12.1 Å². The summed E-state index contributed by atoms with van der Waals surface area (Å²) >= 11 is 0.